The molecule has 4 nitrogen and oxygen atoms in total. The maximum absolute atomic E-state index is 13.1. The summed E-state index contributed by atoms with van der Waals surface area (Å²) in [7, 11) is -3.98. The zero-order valence-corrected chi connectivity index (χ0v) is 11.6. The van der Waals surface area contributed by atoms with Crippen LogP contribution in [0.1, 0.15) is 20.3 Å². The molecule has 102 valence electrons. The lowest BCUT2D eigenvalue weighted by Gasteiger charge is -2.26. The molecule has 0 aliphatic heterocycles. The van der Waals surface area contributed by atoms with Crippen molar-refractivity contribution in [1.82, 2.24) is 4.72 Å². The number of benzene rings is 1. The molecule has 0 spiro atoms. The van der Waals surface area contributed by atoms with Crippen molar-refractivity contribution >= 4 is 21.6 Å². The van der Waals surface area contributed by atoms with Gasteiger partial charge >= 0.3 is 0 Å². The summed E-state index contributed by atoms with van der Waals surface area (Å²) >= 11 is 5.75. The zero-order chi connectivity index (χ0) is 14.0. The van der Waals surface area contributed by atoms with Crippen molar-refractivity contribution in [3.05, 3.63) is 29.0 Å². The number of sulfonamides is 1. The average Bonchev–Trinajstić information content (AvgIpc) is 2.31. The van der Waals surface area contributed by atoms with Crippen LogP contribution in [0.5, 0.6) is 0 Å². The minimum atomic E-state index is -3.98. The van der Waals surface area contributed by atoms with E-state index < -0.39 is 21.4 Å². The third-order valence-corrected chi connectivity index (χ3v) is 4.81. The molecular formula is C11H15ClFNO3S. The van der Waals surface area contributed by atoms with E-state index in [2.05, 4.69) is 4.72 Å². The molecule has 0 aliphatic carbocycles. The lowest BCUT2D eigenvalue weighted by molar-refractivity contribution is 0.191. The molecule has 2 N–H and O–H groups in total. The van der Waals surface area contributed by atoms with Crippen LogP contribution in [-0.4, -0.2) is 25.7 Å². The normalized spacial score (nSPS) is 15.4. The SMILES string of the molecule is CCC(C)(CO)NS(=O)(=O)c1cc(F)ccc1Cl. The summed E-state index contributed by atoms with van der Waals surface area (Å²) in [5, 5.41) is 9.12. The topological polar surface area (TPSA) is 66.4 Å². The van der Waals surface area contributed by atoms with Crippen LogP contribution < -0.4 is 4.72 Å². The van der Waals surface area contributed by atoms with Crippen LogP contribution in [0, 0.1) is 5.82 Å². The molecule has 1 aromatic carbocycles. The van der Waals surface area contributed by atoms with E-state index in [1.165, 1.54) is 6.07 Å². The molecule has 0 fully saturated rings. The van der Waals surface area contributed by atoms with Crippen molar-refractivity contribution in [3.63, 3.8) is 0 Å². The van der Waals surface area contributed by atoms with Crippen molar-refractivity contribution in [2.24, 2.45) is 0 Å². The summed E-state index contributed by atoms with van der Waals surface area (Å²) < 4.78 is 39.5. The van der Waals surface area contributed by atoms with E-state index in [-0.39, 0.29) is 16.5 Å². The Hall–Kier alpha value is -0.690. The molecule has 0 amide bonds. The Morgan fingerprint density at radius 1 is 1.50 bits per heavy atom. The summed E-state index contributed by atoms with van der Waals surface area (Å²) in [6, 6.07) is 3.10. The smallest absolute Gasteiger partial charge is 0.242 e. The highest BCUT2D eigenvalue weighted by molar-refractivity contribution is 7.89. The van der Waals surface area contributed by atoms with Gasteiger partial charge in [-0.15, -0.1) is 0 Å². The quantitative estimate of drug-likeness (QED) is 0.872. The highest BCUT2D eigenvalue weighted by Crippen LogP contribution is 2.24. The Morgan fingerprint density at radius 3 is 2.61 bits per heavy atom. The molecule has 18 heavy (non-hydrogen) atoms. The number of nitrogens with one attached hydrogen (secondary N) is 1. The lowest BCUT2D eigenvalue weighted by Crippen LogP contribution is -2.48. The predicted octanol–water partition coefficient (Wildman–Crippen LogP) is 1.92. The first-order chi connectivity index (χ1) is 8.24. The van der Waals surface area contributed by atoms with Gasteiger partial charge in [0.1, 0.15) is 10.7 Å². The predicted molar refractivity (Wildman–Crippen MR) is 67.5 cm³/mol. The number of hydrogen-bond acceptors (Lipinski definition) is 3. The highest BCUT2D eigenvalue weighted by Gasteiger charge is 2.29. The second kappa shape index (κ2) is 5.52. The zero-order valence-electron chi connectivity index (χ0n) is 10.1. The van der Waals surface area contributed by atoms with E-state index in [1.54, 1.807) is 13.8 Å². The fourth-order valence-electron chi connectivity index (χ4n) is 1.28. The summed E-state index contributed by atoms with van der Waals surface area (Å²) in [6.07, 6.45) is 0.385. The fraction of sp³-hybridized carbons (Fsp3) is 0.455. The molecule has 0 aliphatic rings. The summed E-state index contributed by atoms with van der Waals surface area (Å²) in [5.41, 5.74) is -1.01. The summed E-state index contributed by atoms with van der Waals surface area (Å²) in [4.78, 5) is -0.336. The molecule has 0 saturated carbocycles. The largest absolute Gasteiger partial charge is 0.394 e. The standard InChI is InChI=1S/C11H15ClFNO3S/c1-3-11(2,7-15)14-18(16,17)10-6-8(13)4-5-9(10)12/h4-6,14-15H,3,7H2,1-2H3. The van der Waals surface area contributed by atoms with Crippen molar-refractivity contribution in [1.29, 1.82) is 0 Å². The van der Waals surface area contributed by atoms with Crippen LogP contribution in [-0.2, 0) is 10.0 Å². The number of aliphatic hydroxyl groups is 1. The van der Waals surface area contributed by atoms with Gasteiger partial charge in [0.15, 0.2) is 0 Å². The molecule has 0 bridgehead atoms. The molecule has 7 heteroatoms. The van der Waals surface area contributed by atoms with Gasteiger partial charge in [-0.25, -0.2) is 17.5 Å². The maximum Gasteiger partial charge on any atom is 0.242 e. The lowest BCUT2D eigenvalue weighted by atomic mass is 10.0. The van der Waals surface area contributed by atoms with Crippen molar-refractivity contribution < 1.29 is 17.9 Å². The van der Waals surface area contributed by atoms with Gasteiger partial charge in [0.05, 0.1) is 17.2 Å². The second-order valence-electron chi connectivity index (χ2n) is 4.25. The minimum absolute atomic E-state index is 0.0692. The maximum atomic E-state index is 13.1. The summed E-state index contributed by atoms with van der Waals surface area (Å²) in [5.74, 6) is -0.693. The molecule has 1 atom stereocenters. The Labute approximate surface area is 111 Å². The van der Waals surface area contributed by atoms with Crippen LogP contribution in [0.4, 0.5) is 4.39 Å². The van der Waals surface area contributed by atoms with E-state index >= 15 is 0 Å². The molecule has 0 heterocycles. The van der Waals surface area contributed by atoms with Crippen molar-refractivity contribution in [2.45, 2.75) is 30.7 Å². The monoisotopic (exact) mass is 295 g/mol. The van der Waals surface area contributed by atoms with E-state index in [0.29, 0.717) is 6.42 Å². The van der Waals surface area contributed by atoms with Gasteiger partial charge in [-0.2, -0.15) is 0 Å². The molecule has 1 aromatic rings. The van der Waals surface area contributed by atoms with Gasteiger partial charge in [0.2, 0.25) is 10.0 Å². The Balaban J connectivity index is 3.18. The molecule has 1 unspecified atom stereocenters. The Bertz CT molecular complexity index is 529. The second-order valence-corrected chi connectivity index (χ2v) is 6.31. The van der Waals surface area contributed by atoms with Crippen molar-refractivity contribution in [3.8, 4) is 0 Å². The van der Waals surface area contributed by atoms with E-state index in [9.17, 15) is 17.9 Å². The van der Waals surface area contributed by atoms with Crippen molar-refractivity contribution in [2.75, 3.05) is 6.61 Å². The third kappa shape index (κ3) is 3.41. The van der Waals surface area contributed by atoms with Crippen LogP contribution in [0.25, 0.3) is 0 Å². The van der Waals surface area contributed by atoms with Gasteiger partial charge in [-0.3, -0.25) is 0 Å². The first-order valence-corrected chi connectivity index (χ1v) is 7.20. The highest BCUT2D eigenvalue weighted by atomic mass is 35.5. The van der Waals surface area contributed by atoms with Crippen LogP contribution in [0.3, 0.4) is 0 Å². The molecule has 0 aromatic heterocycles. The molecule has 0 radical (unpaired) electrons. The number of hydrogen-bond donors (Lipinski definition) is 2. The summed E-state index contributed by atoms with van der Waals surface area (Å²) in [6.45, 7) is 2.92. The van der Waals surface area contributed by atoms with Crippen LogP contribution in [0.2, 0.25) is 5.02 Å². The number of halogens is 2. The average molecular weight is 296 g/mol. The minimum Gasteiger partial charge on any atom is -0.394 e. The Kier molecular flexibility index (Phi) is 4.72. The van der Waals surface area contributed by atoms with E-state index in [0.717, 1.165) is 12.1 Å². The first kappa shape index (κ1) is 15.4. The van der Waals surface area contributed by atoms with Gasteiger partial charge in [-0.05, 0) is 31.5 Å². The van der Waals surface area contributed by atoms with Gasteiger partial charge in [0.25, 0.3) is 0 Å². The fourth-order valence-corrected chi connectivity index (χ4v) is 3.26. The van der Waals surface area contributed by atoms with E-state index in [4.69, 9.17) is 11.6 Å². The van der Waals surface area contributed by atoms with Gasteiger partial charge in [-0.1, -0.05) is 18.5 Å². The third-order valence-electron chi connectivity index (χ3n) is 2.69. The van der Waals surface area contributed by atoms with E-state index in [1.807, 2.05) is 0 Å². The number of aliphatic hydroxyl groups excluding tert-OH is 1. The van der Waals surface area contributed by atoms with Gasteiger partial charge in [0, 0.05) is 0 Å². The van der Waals surface area contributed by atoms with Gasteiger partial charge < -0.3 is 5.11 Å². The molecular weight excluding hydrogens is 281 g/mol. The van der Waals surface area contributed by atoms with Crippen LogP contribution in [0.15, 0.2) is 23.1 Å². The number of rotatable bonds is 5. The Morgan fingerprint density at radius 2 is 2.11 bits per heavy atom. The van der Waals surface area contributed by atoms with Crippen LogP contribution >= 0.6 is 11.6 Å². The first-order valence-electron chi connectivity index (χ1n) is 5.34. The molecule has 1 rings (SSSR count). The molecule has 0 saturated heterocycles.